The second-order valence-corrected chi connectivity index (χ2v) is 4.40. The lowest BCUT2D eigenvalue weighted by Gasteiger charge is -2.08. The van der Waals surface area contributed by atoms with Crippen LogP contribution in [0.4, 0.5) is 0 Å². The van der Waals surface area contributed by atoms with Gasteiger partial charge in [0.2, 0.25) is 0 Å². The Morgan fingerprint density at radius 3 is 2.89 bits per heavy atom. The molecule has 0 bridgehead atoms. The Bertz CT molecular complexity index is 858. The van der Waals surface area contributed by atoms with Crippen LogP contribution in [0.2, 0.25) is 0 Å². The zero-order chi connectivity index (χ0) is 13.6. The first-order chi connectivity index (χ1) is 9.11. The molecule has 2 heterocycles. The lowest BCUT2D eigenvalue weighted by molar-refractivity contribution is 0.0601. The number of carbonyl (C=O) groups is 1. The SMILES string of the molecule is COC(=O)c1cc(C)c2c(c1)[nH]c(=O)c1cccn12. The number of aromatic amines is 1. The van der Waals surface area contributed by atoms with E-state index in [1.807, 2.05) is 23.6 Å². The Balaban J connectivity index is 2.47. The first-order valence-corrected chi connectivity index (χ1v) is 5.84. The number of ether oxygens (including phenoxy) is 1. The van der Waals surface area contributed by atoms with Gasteiger partial charge in [0.05, 0.1) is 23.7 Å². The molecule has 0 unspecified atom stereocenters. The fourth-order valence-corrected chi connectivity index (χ4v) is 2.38. The summed E-state index contributed by atoms with van der Waals surface area (Å²) < 4.78 is 6.53. The Labute approximate surface area is 108 Å². The molecule has 0 aliphatic carbocycles. The predicted molar refractivity (Wildman–Crippen MR) is 71.6 cm³/mol. The van der Waals surface area contributed by atoms with Crippen LogP contribution in [0.15, 0.2) is 35.3 Å². The van der Waals surface area contributed by atoms with Gasteiger partial charge in [-0.2, -0.15) is 0 Å². The van der Waals surface area contributed by atoms with Crippen LogP contribution in [0.25, 0.3) is 16.6 Å². The molecule has 5 heteroatoms. The number of esters is 1. The molecule has 0 fully saturated rings. The third-order valence-electron chi connectivity index (χ3n) is 3.19. The Hall–Kier alpha value is -2.56. The van der Waals surface area contributed by atoms with Crippen molar-refractivity contribution < 1.29 is 9.53 Å². The normalized spacial score (nSPS) is 11.1. The minimum absolute atomic E-state index is 0.182. The molecule has 1 N–H and O–H groups in total. The number of aromatic nitrogens is 2. The van der Waals surface area contributed by atoms with Gasteiger partial charge in [0.15, 0.2) is 0 Å². The highest BCUT2D eigenvalue weighted by atomic mass is 16.5. The van der Waals surface area contributed by atoms with Gasteiger partial charge in [0.1, 0.15) is 5.52 Å². The maximum Gasteiger partial charge on any atom is 0.337 e. The number of benzene rings is 1. The molecule has 3 aromatic rings. The molecule has 0 saturated carbocycles. The Morgan fingerprint density at radius 2 is 2.16 bits per heavy atom. The van der Waals surface area contributed by atoms with Gasteiger partial charge in [0, 0.05) is 6.20 Å². The monoisotopic (exact) mass is 256 g/mol. The van der Waals surface area contributed by atoms with Gasteiger partial charge in [-0.3, -0.25) is 4.79 Å². The lowest BCUT2D eigenvalue weighted by atomic mass is 10.1. The molecule has 0 radical (unpaired) electrons. The first kappa shape index (κ1) is 11.5. The summed E-state index contributed by atoms with van der Waals surface area (Å²) in [5.74, 6) is -0.418. The van der Waals surface area contributed by atoms with E-state index >= 15 is 0 Å². The van der Waals surface area contributed by atoms with Crippen molar-refractivity contribution in [3.8, 4) is 0 Å². The highest BCUT2D eigenvalue weighted by Gasteiger charge is 2.12. The van der Waals surface area contributed by atoms with E-state index in [2.05, 4.69) is 4.98 Å². The molecule has 1 aromatic carbocycles. The second kappa shape index (κ2) is 3.98. The van der Waals surface area contributed by atoms with Crippen molar-refractivity contribution in [2.75, 3.05) is 7.11 Å². The van der Waals surface area contributed by atoms with Gasteiger partial charge in [-0.1, -0.05) is 0 Å². The number of nitrogens with zero attached hydrogens (tertiary/aromatic N) is 1. The van der Waals surface area contributed by atoms with Gasteiger partial charge >= 0.3 is 5.97 Å². The second-order valence-electron chi connectivity index (χ2n) is 4.40. The largest absolute Gasteiger partial charge is 0.465 e. The number of aryl methyl sites for hydroxylation is 1. The summed E-state index contributed by atoms with van der Waals surface area (Å²) in [6.45, 7) is 1.90. The molecule has 5 nitrogen and oxygen atoms in total. The van der Waals surface area contributed by atoms with Gasteiger partial charge < -0.3 is 14.1 Å². The Kier molecular flexibility index (Phi) is 2.41. The number of rotatable bonds is 1. The van der Waals surface area contributed by atoms with E-state index in [0.717, 1.165) is 11.1 Å². The maximum atomic E-state index is 11.9. The van der Waals surface area contributed by atoms with Crippen LogP contribution in [-0.2, 0) is 4.74 Å². The van der Waals surface area contributed by atoms with Gasteiger partial charge in [0.25, 0.3) is 5.56 Å². The molecule has 96 valence electrons. The summed E-state index contributed by atoms with van der Waals surface area (Å²) in [7, 11) is 1.33. The number of hydrogen-bond acceptors (Lipinski definition) is 3. The van der Waals surface area contributed by atoms with Crippen LogP contribution >= 0.6 is 0 Å². The van der Waals surface area contributed by atoms with E-state index in [9.17, 15) is 9.59 Å². The van der Waals surface area contributed by atoms with E-state index in [4.69, 9.17) is 4.74 Å². The van der Waals surface area contributed by atoms with Crippen LogP contribution in [-0.4, -0.2) is 22.5 Å². The quantitative estimate of drug-likeness (QED) is 0.676. The topological polar surface area (TPSA) is 63.6 Å². The molecule has 3 rings (SSSR count). The zero-order valence-corrected chi connectivity index (χ0v) is 10.6. The molecular formula is C14H12N2O3. The fourth-order valence-electron chi connectivity index (χ4n) is 2.38. The number of methoxy groups -OCH3 is 1. The van der Waals surface area contributed by atoms with Crippen molar-refractivity contribution in [3.05, 3.63) is 51.9 Å². The summed E-state index contributed by atoms with van der Waals surface area (Å²) in [6, 6.07) is 6.96. The third-order valence-corrected chi connectivity index (χ3v) is 3.19. The van der Waals surface area contributed by atoms with Crippen molar-refractivity contribution in [2.24, 2.45) is 0 Å². The van der Waals surface area contributed by atoms with Gasteiger partial charge in [-0.25, -0.2) is 4.79 Å². The van der Waals surface area contributed by atoms with Gasteiger partial charge in [-0.05, 0) is 36.8 Å². The minimum Gasteiger partial charge on any atom is -0.465 e. The van der Waals surface area contributed by atoms with E-state index in [1.165, 1.54) is 7.11 Å². The summed E-state index contributed by atoms with van der Waals surface area (Å²) in [5.41, 5.74) is 3.23. The molecule has 0 amide bonds. The number of carbonyl (C=O) groups excluding carboxylic acids is 1. The minimum atomic E-state index is -0.418. The summed E-state index contributed by atoms with van der Waals surface area (Å²) in [5, 5.41) is 0. The van der Waals surface area contributed by atoms with Crippen LogP contribution in [0, 0.1) is 6.92 Å². The van der Waals surface area contributed by atoms with Gasteiger partial charge in [-0.15, -0.1) is 0 Å². The molecule has 0 atom stereocenters. The third kappa shape index (κ3) is 1.62. The molecular weight excluding hydrogens is 244 g/mol. The van der Waals surface area contributed by atoms with E-state index < -0.39 is 5.97 Å². The summed E-state index contributed by atoms with van der Waals surface area (Å²) >= 11 is 0. The van der Waals surface area contributed by atoms with Crippen molar-refractivity contribution in [2.45, 2.75) is 6.92 Å². The van der Waals surface area contributed by atoms with E-state index in [-0.39, 0.29) is 5.56 Å². The molecule has 0 saturated heterocycles. The van der Waals surface area contributed by atoms with Crippen molar-refractivity contribution in [3.63, 3.8) is 0 Å². The zero-order valence-electron chi connectivity index (χ0n) is 10.6. The average molecular weight is 256 g/mol. The number of fused-ring (bicyclic) bond motifs is 3. The first-order valence-electron chi connectivity index (χ1n) is 5.84. The average Bonchev–Trinajstić information content (AvgIpc) is 2.86. The van der Waals surface area contributed by atoms with Crippen LogP contribution in [0.5, 0.6) is 0 Å². The van der Waals surface area contributed by atoms with E-state index in [1.54, 1.807) is 18.2 Å². The van der Waals surface area contributed by atoms with Crippen molar-refractivity contribution in [1.29, 1.82) is 0 Å². The lowest BCUT2D eigenvalue weighted by Crippen LogP contribution is -2.11. The van der Waals surface area contributed by atoms with E-state index in [0.29, 0.717) is 16.6 Å². The molecule has 0 aliphatic rings. The smallest absolute Gasteiger partial charge is 0.337 e. The molecule has 19 heavy (non-hydrogen) atoms. The molecule has 2 aromatic heterocycles. The van der Waals surface area contributed by atoms with Crippen LogP contribution in [0.1, 0.15) is 15.9 Å². The summed E-state index contributed by atoms with van der Waals surface area (Å²) in [4.78, 5) is 26.3. The van der Waals surface area contributed by atoms with Crippen LogP contribution < -0.4 is 5.56 Å². The summed E-state index contributed by atoms with van der Waals surface area (Å²) in [6.07, 6.45) is 1.83. The molecule has 0 spiro atoms. The number of hydrogen-bond donors (Lipinski definition) is 1. The predicted octanol–water partition coefficient (Wildman–Crippen LogP) is 1.88. The standard InChI is InChI=1S/C14H12N2O3/c1-8-6-9(14(18)19-2)7-10-12(8)16-5-3-4-11(16)13(17)15-10/h3-7H,1-2H3,(H,15,17). The Morgan fingerprint density at radius 1 is 1.37 bits per heavy atom. The highest BCUT2D eigenvalue weighted by molar-refractivity contribution is 5.95. The van der Waals surface area contributed by atoms with Crippen molar-refractivity contribution in [1.82, 2.24) is 9.38 Å². The van der Waals surface area contributed by atoms with Crippen LogP contribution in [0.3, 0.4) is 0 Å². The number of H-pyrrole nitrogens is 1. The molecule has 0 aliphatic heterocycles. The van der Waals surface area contributed by atoms with Crippen molar-refractivity contribution >= 4 is 22.5 Å². The number of nitrogens with one attached hydrogen (secondary N) is 1. The fraction of sp³-hybridized carbons (Fsp3) is 0.143. The highest BCUT2D eigenvalue weighted by Crippen LogP contribution is 2.20. The maximum absolute atomic E-state index is 11.9.